The first-order valence-corrected chi connectivity index (χ1v) is 6.66. The summed E-state index contributed by atoms with van der Waals surface area (Å²) in [4.78, 5) is 8.61. The Labute approximate surface area is 108 Å². The van der Waals surface area contributed by atoms with E-state index in [1.54, 1.807) is 6.07 Å². The minimum atomic E-state index is 0.413. The monoisotopic (exact) mass is 250 g/mol. The first-order chi connectivity index (χ1) is 8.69. The zero-order valence-electron chi connectivity index (χ0n) is 11.1. The van der Waals surface area contributed by atoms with Crippen LogP contribution in [0.2, 0.25) is 0 Å². The van der Waals surface area contributed by atoms with E-state index in [2.05, 4.69) is 22.2 Å². The molecule has 0 radical (unpaired) electrons. The lowest BCUT2D eigenvalue weighted by molar-refractivity contribution is 0.128. The largest absolute Gasteiger partial charge is 0.384 e. The Morgan fingerprint density at radius 2 is 2.28 bits per heavy atom. The first-order valence-electron chi connectivity index (χ1n) is 6.66. The number of rotatable bonds is 5. The zero-order chi connectivity index (χ0) is 13.0. The molecule has 2 atom stereocenters. The molecule has 1 fully saturated rings. The molecular weight excluding hydrogens is 228 g/mol. The SMILES string of the molecule is CCOCc1nc(N)cc(NC2CCCC2C)n1. The van der Waals surface area contributed by atoms with Gasteiger partial charge in [0.1, 0.15) is 18.2 Å². The summed E-state index contributed by atoms with van der Waals surface area (Å²) in [5.41, 5.74) is 5.79. The smallest absolute Gasteiger partial charge is 0.158 e. The maximum Gasteiger partial charge on any atom is 0.158 e. The molecule has 100 valence electrons. The molecule has 0 spiro atoms. The van der Waals surface area contributed by atoms with Gasteiger partial charge in [-0.1, -0.05) is 13.3 Å². The summed E-state index contributed by atoms with van der Waals surface area (Å²) in [5.74, 6) is 2.64. The van der Waals surface area contributed by atoms with Gasteiger partial charge in [-0.2, -0.15) is 0 Å². The van der Waals surface area contributed by atoms with Gasteiger partial charge in [-0.3, -0.25) is 0 Å². The fourth-order valence-corrected chi connectivity index (χ4v) is 2.40. The van der Waals surface area contributed by atoms with Gasteiger partial charge in [-0.25, -0.2) is 9.97 Å². The predicted octanol–water partition coefficient (Wildman–Crippen LogP) is 2.20. The number of nitrogens with one attached hydrogen (secondary N) is 1. The third kappa shape index (κ3) is 3.32. The molecule has 1 saturated carbocycles. The van der Waals surface area contributed by atoms with Gasteiger partial charge in [0.2, 0.25) is 0 Å². The number of aromatic nitrogens is 2. The van der Waals surface area contributed by atoms with Gasteiger partial charge in [-0.15, -0.1) is 0 Å². The number of nitrogens with zero attached hydrogens (tertiary/aromatic N) is 2. The fraction of sp³-hybridized carbons (Fsp3) is 0.692. The molecule has 1 heterocycles. The van der Waals surface area contributed by atoms with Gasteiger partial charge < -0.3 is 15.8 Å². The molecule has 1 aliphatic carbocycles. The Balaban J connectivity index is 2.05. The van der Waals surface area contributed by atoms with Gasteiger partial charge >= 0.3 is 0 Å². The molecule has 0 aromatic carbocycles. The molecule has 1 aliphatic rings. The second kappa shape index (κ2) is 6.00. The van der Waals surface area contributed by atoms with Crippen LogP contribution < -0.4 is 11.1 Å². The predicted molar refractivity (Wildman–Crippen MR) is 72.2 cm³/mol. The van der Waals surface area contributed by atoms with Gasteiger partial charge in [-0.05, 0) is 25.7 Å². The van der Waals surface area contributed by atoms with E-state index in [9.17, 15) is 0 Å². The summed E-state index contributed by atoms with van der Waals surface area (Å²) in [7, 11) is 0. The van der Waals surface area contributed by atoms with Crippen molar-refractivity contribution in [1.82, 2.24) is 9.97 Å². The van der Waals surface area contributed by atoms with Crippen LogP contribution in [0.4, 0.5) is 11.6 Å². The molecule has 0 aliphatic heterocycles. The average Bonchev–Trinajstić information content (AvgIpc) is 2.72. The molecule has 1 aromatic rings. The van der Waals surface area contributed by atoms with E-state index in [-0.39, 0.29) is 0 Å². The van der Waals surface area contributed by atoms with E-state index in [4.69, 9.17) is 10.5 Å². The van der Waals surface area contributed by atoms with E-state index in [0.717, 1.165) is 5.82 Å². The van der Waals surface area contributed by atoms with Crippen LogP contribution in [0.25, 0.3) is 0 Å². The maximum atomic E-state index is 5.79. The van der Waals surface area contributed by atoms with Crippen LogP contribution >= 0.6 is 0 Å². The number of nitrogens with two attached hydrogens (primary N) is 1. The summed E-state index contributed by atoms with van der Waals surface area (Å²) in [5, 5.41) is 3.46. The Morgan fingerprint density at radius 3 is 2.94 bits per heavy atom. The Morgan fingerprint density at radius 1 is 1.44 bits per heavy atom. The highest BCUT2D eigenvalue weighted by atomic mass is 16.5. The van der Waals surface area contributed by atoms with Gasteiger partial charge in [0.15, 0.2) is 5.82 Å². The number of hydrogen-bond donors (Lipinski definition) is 2. The van der Waals surface area contributed by atoms with Crippen LogP contribution in [-0.2, 0) is 11.3 Å². The molecule has 0 amide bonds. The molecule has 2 unspecified atom stereocenters. The number of anilines is 2. The summed E-state index contributed by atoms with van der Waals surface area (Å²) >= 11 is 0. The molecule has 5 heteroatoms. The standard InChI is InChI=1S/C13H22N4O/c1-3-18-8-13-16-11(14)7-12(17-13)15-10-6-4-5-9(10)2/h7,9-10H,3-6,8H2,1-2H3,(H3,14,15,16,17). The van der Waals surface area contributed by atoms with Crippen LogP contribution in [0.3, 0.4) is 0 Å². The third-order valence-electron chi connectivity index (χ3n) is 3.42. The molecule has 5 nitrogen and oxygen atoms in total. The highest BCUT2D eigenvalue weighted by molar-refractivity contribution is 5.45. The van der Waals surface area contributed by atoms with E-state index >= 15 is 0 Å². The average molecular weight is 250 g/mol. The van der Waals surface area contributed by atoms with E-state index in [1.165, 1.54) is 19.3 Å². The van der Waals surface area contributed by atoms with Crippen molar-refractivity contribution < 1.29 is 4.74 Å². The Hall–Kier alpha value is -1.36. The van der Waals surface area contributed by atoms with Crippen LogP contribution in [0.5, 0.6) is 0 Å². The van der Waals surface area contributed by atoms with Crippen LogP contribution in [-0.4, -0.2) is 22.6 Å². The highest BCUT2D eigenvalue weighted by Crippen LogP contribution is 2.27. The lowest BCUT2D eigenvalue weighted by Crippen LogP contribution is -2.23. The van der Waals surface area contributed by atoms with Gasteiger partial charge in [0.05, 0.1) is 0 Å². The van der Waals surface area contributed by atoms with Crippen LogP contribution in [0.1, 0.15) is 38.9 Å². The van der Waals surface area contributed by atoms with Crippen molar-refractivity contribution in [1.29, 1.82) is 0 Å². The van der Waals surface area contributed by atoms with Crippen molar-refractivity contribution in [3.63, 3.8) is 0 Å². The van der Waals surface area contributed by atoms with Crippen molar-refractivity contribution in [2.45, 2.75) is 45.8 Å². The zero-order valence-corrected chi connectivity index (χ0v) is 11.1. The second-order valence-electron chi connectivity index (χ2n) is 4.89. The summed E-state index contributed by atoms with van der Waals surface area (Å²) in [6.45, 7) is 5.29. The Bertz CT molecular complexity index is 397. The molecule has 3 N–H and O–H groups in total. The second-order valence-corrected chi connectivity index (χ2v) is 4.89. The number of nitrogen functional groups attached to an aromatic ring is 1. The molecule has 0 saturated heterocycles. The fourth-order valence-electron chi connectivity index (χ4n) is 2.40. The summed E-state index contributed by atoms with van der Waals surface area (Å²) < 4.78 is 5.31. The normalized spacial score (nSPS) is 23.2. The first kappa shape index (κ1) is 13.1. The van der Waals surface area contributed by atoms with E-state index in [0.29, 0.717) is 36.8 Å². The van der Waals surface area contributed by atoms with E-state index < -0.39 is 0 Å². The molecule has 18 heavy (non-hydrogen) atoms. The van der Waals surface area contributed by atoms with Crippen molar-refractivity contribution in [2.75, 3.05) is 17.7 Å². The minimum Gasteiger partial charge on any atom is -0.384 e. The summed E-state index contributed by atoms with van der Waals surface area (Å²) in [6, 6.07) is 2.29. The maximum absolute atomic E-state index is 5.79. The van der Waals surface area contributed by atoms with Gasteiger partial charge in [0.25, 0.3) is 0 Å². The van der Waals surface area contributed by atoms with Crippen LogP contribution in [0, 0.1) is 5.92 Å². The van der Waals surface area contributed by atoms with Crippen molar-refractivity contribution in [3.8, 4) is 0 Å². The number of ether oxygens (including phenoxy) is 1. The van der Waals surface area contributed by atoms with Crippen molar-refractivity contribution >= 4 is 11.6 Å². The van der Waals surface area contributed by atoms with E-state index in [1.807, 2.05) is 6.92 Å². The third-order valence-corrected chi connectivity index (χ3v) is 3.42. The Kier molecular flexibility index (Phi) is 4.36. The molecule has 2 rings (SSSR count). The lowest BCUT2D eigenvalue weighted by Gasteiger charge is -2.18. The minimum absolute atomic E-state index is 0.413. The molecular formula is C13H22N4O. The van der Waals surface area contributed by atoms with Gasteiger partial charge in [0, 0.05) is 18.7 Å². The van der Waals surface area contributed by atoms with Crippen molar-refractivity contribution in [2.24, 2.45) is 5.92 Å². The topological polar surface area (TPSA) is 73.1 Å². The van der Waals surface area contributed by atoms with Crippen molar-refractivity contribution in [3.05, 3.63) is 11.9 Å². The molecule has 0 bridgehead atoms. The number of hydrogen-bond acceptors (Lipinski definition) is 5. The quantitative estimate of drug-likeness (QED) is 0.838. The lowest BCUT2D eigenvalue weighted by atomic mass is 10.1. The highest BCUT2D eigenvalue weighted by Gasteiger charge is 2.23. The van der Waals surface area contributed by atoms with Crippen LogP contribution in [0.15, 0.2) is 6.07 Å². The molecule has 1 aromatic heterocycles. The summed E-state index contributed by atoms with van der Waals surface area (Å²) in [6.07, 6.45) is 3.76.